The maximum Gasteiger partial charge on any atom is 0.133 e. The topological polar surface area (TPSA) is 95.2 Å². The summed E-state index contributed by atoms with van der Waals surface area (Å²) in [5, 5.41) is 41.5. The lowest BCUT2D eigenvalue weighted by molar-refractivity contribution is 0.399. The summed E-state index contributed by atoms with van der Waals surface area (Å²) in [6.45, 7) is 0. The summed E-state index contributed by atoms with van der Waals surface area (Å²) in [5.41, 5.74) is 7.85. The van der Waals surface area contributed by atoms with E-state index in [9.17, 15) is 21.0 Å². The number of fused-ring (bicyclic) bond motifs is 5. The molecule has 3 aliphatic carbocycles. The lowest BCUT2D eigenvalue weighted by atomic mass is 9.56. The maximum atomic E-state index is 10.5. The zero-order chi connectivity index (χ0) is 30.3. The van der Waals surface area contributed by atoms with Gasteiger partial charge >= 0.3 is 0 Å². The summed E-state index contributed by atoms with van der Waals surface area (Å²) in [6.07, 6.45) is 2.04. The summed E-state index contributed by atoms with van der Waals surface area (Å²) in [4.78, 5) is 0. The number of hydrogen-bond acceptors (Lipinski definition) is 4. The second kappa shape index (κ2) is 10.6. The van der Waals surface area contributed by atoms with Crippen LogP contribution in [0.4, 0.5) is 0 Å². The van der Waals surface area contributed by atoms with Crippen molar-refractivity contribution in [3.63, 3.8) is 0 Å². The molecule has 7 rings (SSSR count). The molecule has 1 saturated carbocycles. The first-order valence-electron chi connectivity index (χ1n) is 14.5. The minimum atomic E-state index is -0.792. The molecule has 0 heterocycles. The Kier molecular flexibility index (Phi) is 6.41. The van der Waals surface area contributed by atoms with Gasteiger partial charge in [-0.25, -0.2) is 0 Å². The Balaban J connectivity index is 1.73. The van der Waals surface area contributed by atoms with E-state index in [0.717, 1.165) is 44.5 Å². The molecule has 44 heavy (non-hydrogen) atoms. The Hall–Kier alpha value is -6.20. The molecule has 4 heteroatoms. The van der Waals surface area contributed by atoms with Crippen molar-refractivity contribution in [2.24, 2.45) is 17.8 Å². The Bertz CT molecular complexity index is 2060. The van der Waals surface area contributed by atoms with Crippen LogP contribution in [-0.2, 0) is 5.41 Å². The highest BCUT2D eigenvalue weighted by Gasteiger charge is 2.70. The molecule has 0 radical (unpaired) electrons. The van der Waals surface area contributed by atoms with Crippen LogP contribution >= 0.6 is 0 Å². The van der Waals surface area contributed by atoms with Gasteiger partial charge in [-0.15, -0.1) is 0 Å². The molecular formula is C40H24N4. The quantitative estimate of drug-likeness (QED) is 0.235. The van der Waals surface area contributed by atoms with Gasteiger partial charge in [-0.1, -0.05) is 127 Å². The first-order chi connectivity index (χ1) is 21.7. The fraction of sp³-hybridized carbons (Fsp3) is 0.100. The van der Waals surface area contributed by atoms with E-state index in [1.165, 1.54) is 0 Å². The van der Waals surface area contributed by atoms with Crippen LogP contribution in [0.15, 0.2) is 150 Å². The van der Waals surface area contributed by atoms with E-state index in [-0.39, 0.29) is 11.1 Å². The Morgan fingerprint density at radius 3 is 1.48 bits per heavy atom. The van der Waals surface area contributed by atoms with Crippen LogP contribution in [0.3, 0.4) is 0 Å². The van der Waals surface area contributed by atoms with E-state index < -0.39 is 23.2 Å². The van der Waals surface area contributed by atoms with Crippen LogP contribution in [0.25, 0.3) is 16.7 Å². The largest absolute Gasteiger partial charge is 0.192 e. The molecule has 204 valence electrons. The van der Waals surface area contributed by atoms with Gasteiger partial charge in [0.25, 0.3) is 0 Å². The van der Waals surface area contributed by atoms with Gasteiger partial charge in [0, 0.05) is 23.2 Å². The molecule has 0 saturated heterocycles. The van der Waals surface area contributed by atoms with Gasteiger partial charge < -0.3 is 0 Å². The third-order valence-corrected chi connectivity index (χ3v) is 9.43. The number of nitrogens with zero attached hydrogens (tertiary/aromatic N) is 4. The van der Waals surface area contributed by atoms with Gasteiger partial charge in [0.2, 0.25) is 0 Å². The second-order valence-electron chi connectivity index (χ2n) is 11.2. The molecule has 4 aromatic rings. The molecule has 1 fully saturated rings. The predicted molar refractivity (Wildman–Crippen MR) is 169 cm³/mol. The van der Waals surface area contributed by atoms with Gasteiger partial charge in [-0.2, -0.15) is 21.0 Å². The number of nitriles is 4. The third kappa shape index (κ3) is 3.60. The zero-order valence-electron chi connectivity index (χ0n) is 23.6. The van der Waals surface area contributed by atoms with Crippen molar-refractivity contribution in [3.05, 3.63) is 172 Å². The van der Waals surface area contributed by atoms with Crippen LogP contribution in [0.1, 0.15) is 22.3 Å². The molecule has 0 aromatic heterocycles. The second-order valence-corrected chi connectivity index (χ2v) is 11.2. The molecule has 0 N–H and O–H groups in total. The molecule has 0 unspecified atom stereocenters. The van der Waals surface area contributed by atoms with E-state index in [0.29, 0.717) is 5.57 Å². The third-order valence-electron chi connectivity index (χ3n) is 9.43. The van der Waals surface area contributed by atoms with Crippen molar-refractivity contribution in [2.45, 2.75) is 5.41 Å². The normalized spacial score (nSPS) is 22.7. The van der Waals surface area contributed by atoms with Crippen molar-refractivity contribution in [2.75, 3.05) is 0 Å². The maximum absolute atomic E-state index is 10.5. The van der Waals surface area contributed by atoms with Crippen molar-refractivity contribution in [1.82, 2.24) is 0 Å². The highest BCUT2D eigenvalue weighted by Crippen LogP contribution is 2.76. The predicted octanol–water partition coefficient (Wildman–Crippen LogP) is 8.20. The van der Waals surface area contributed by atoms with Crippen LogP contribution < -0.4 is 0 Å². The Morgan fingerprint density at radius 2 is 0.977 bits per heavy atom. The summed E-state index contributed by atoms with van der Waals surface area (Å²) < 4.78 is 0. The van der Waals surface area contributed by atoms with Gasteiger partial charge in [-0.3, -0.25) is 0 Å². The van der Waals surface area contributed by atoms with Crippen LogP contribution in [0.5, 0.6) is 0 Å². The molecule has 0 amide bonds. The van der Waals surface area contributed by atoms with Gasteiger partial charge in [0.15, 0.2) is 0 Å². The molecule has 4 aromatic carbocycles. The monoisotopic (exact) mass is 560 g/mol. The Labute approximate surface area is 256 Å². The highest BCUT2D eigenvalue weighted by molar-refractivity contribution is 6.06. The Morgan fingerprint density at radius 1 is 0.523 bits per heavy atom. The van der Waals surface area contributed by atoms with Gasteiger partial charge in [-0.05, 0) is 50.1 Å². The summed E-state index contributed by atoms with van der Waals surface area (Å²) in [5.74, 6) is -1.22. The molecule has 0 aliphatic heterocycles. The van der Waals surface area contributed by atoms with E-state index in [2.05, 4.69) is 72.8 Å². The first kappa shape index (κ1) is 26.7. The van der Waals surface area contributed by atoms with Crippen LogP contribution in [-0.4, -0.2) is 0 Å². The first-order valence-corrected chi connectivity index (χ1v) is 14.5. The van der Waals surface area contributed by atoms with Crippen LogP contribution in [0, 0.1) is 63.1 Å². The van der Waals surface area contributed by atoms with E-state index in [1.807, 2.05) is 78.9 Å². The lowest BCUT2D eigenvalue weighted by Gasteiger charge is -2.44. The molecule has 0 spiro atoms. The minimum Gasteiger partial charge on any atom is -0.192 e. The minimum absolute atomic E-state index is 0.0530. The summed E-state index contributed by atoms with van der Waals surface area (Å²) in [6, 6.07) is 49.4. The molecule has 4 atom stereocenters. The average molecular weight is 561 g/mol. The molecule has 3 aliphatic rings. The van der Waals surface area contributed by atoms with Crippen molar-refractivity contribution in [1.29, 1.82) is 21.0 Å². The van der Waals surface area contributed by atoms with E-state index in [4.69, 9.17) is 0 Å². The van der Waals surface area contributed by atoms with Crippen molar-refractivity contribution in [3.8, 4) is 24.3 Å². The number of allylic oxidation sites excluding steroid dienone is 8. The van der Waals surface area contributed by atoms with Crippen molar-refractivity contribution >= 4 is 16.7 Å². The summed E-state index contributed by atoms with van der Waals surface area (Å²) in [7, 11) is 0. The highest BCUT2D eigenvalue weighted by atomic mass is 14.7. The smallest absolute Gasteiger partial charge is 0.133 e. The summed E-state index contributed by atoms with van der Waals surface area (Å²) >= 11 is 0. The number of benzene rings is 4. The molecule has 4 nitrogen and oxygen atoms in total. The fourth-order valence-corrected chi connectivity index (χ4v) is 8.07. The molecule has 2 bridgehead atoms. The van der Waals surface area contributed by atoms with Gasteiger partial charge in [0.1, 0.15) is 35.4 Å². The van der Waals surface area contributed by atoms with E-state index >= 15 is 0 Å². The number of hydrogen-bond donors (Lipinski definition) is 0. The fourth-order valence-electron chi connectivity index (χ4n) is 8.07. The average Bonchev–Trinajstić information content (AvgIpc) is 3.72. The lowest BCUT2D eigenvalue weighted by Crippen LogP contribution is -2.40. The SMILES string of the molecule is N#CC(C#N)=C1[C@@H]2C(c3ccccc3)=C(c3ccccc3)[C@H]1[C@@]1(c3ccccc3)C(c3ccccc3)=CC(=C(C#N)C#N)[C@@H]21. The number of rotatable bonds is 4. The van der Waals surface area contributed by atoms with Crippen molar-refractivity contribution < 1.29 is 0 Å². The van der Waals surface area contributed by atoms with E-state index in [1.54, 1.807) is 0 Å². The van der Waals surface area contributed by atoms with Gasteiger partial charge in [0.05, 0.1) is 0 Å². The zero-order valence-corrected chi connectivity index (χ0v) is 23.6. The van der Waals surface area contributed by atoms with Crippen LogP contribution in [0.2, 0.25) is 0 Å². The molecular weight excluding hydrogens is 536 g/mol. The standard InChI is InChI=1S/C40H24N4/c41-22-29(23-42)32-21-33(26-13-5-1-6-14-26)40(31-19-11-4-12-20-31)38(32)37-34(27-15-7-2-8-16-27)35(28-17-9-3-10-18-28)39(40)36(37)30(24-43)25-44/h1-21,37-39H/t37-,38-,39+,40-/m0/s1.